The van der Waals surface area contributed by atoms with Crippen LogP contribution in [0, 0.1) is 0 Å². The fourth-order valence-electron chi connectivity index (χ4n) is 1.54. The Morgan fingerprint density at radius 3 is 2.55 bits per heavy atom. The van der Waals surface area contributed by atoms with E-state index in [2.05, 4.69) is 21.2 Å². The molecule has 0 saturated carbocycles. The molecular weight excluding hydrogens is 390 g/mol. The molecule has 1 aromatic carbocycles. The summed E-state index contributed by atoms with van der Waals surface area (Å²) >= 11 is 3.13. The number of hydrogen-bond donors (Lipinski definition) is 1. The number of carbonyl (C=O) groups excluding carboxylic acids is 1. The number of benzene rings is 1. The first-order chi connectivity index (χ1) is 9.09. The van der Waals surface area contributed by atoms with E-state index in [0.29, 0.717) is 10.2 Å². The highest BCUT2D eigenvalue weighted by molar-refractivity contribution is 9.10. The van der Waals surface area contributed by atoms with Gasteiger partial charge in [-0.15, -0.1) is 0 Å². The molecule has 0 fully saturated rings. The average Bonchev–Trinajstić information content (AvgIpc) is 2.25. The third-order valence-electron chi connectivity index (χ3n) is 2.28. The van der Waals surface area contributed by atoms with Crippen molar-refractivity contribution in [1.29, 1.82) is 0 Å². The van der Waals surface area contributed by atoms with Crippen molar-refractivity contribution in [2.24, 2.45) is 0 Å². The van der Waals surface area contributed by atoms with Gasteiger partial charge < -0.3 is 5.32 Å². The summed E-state index contributed by atoms with van der Waals surface area (Å²) in [5.41, 5.74) is 0.160. The molecule has 0 spiro atoms. The van der Waals surface area contributed by atoms with Crippen LogP contribution in [-0.2, 0) is 19.9 Å². The minimum Gasteiger partial charge on any atom is -0.349 e. The molecule has 0 aliphatic carbocycles. The lowest BCUT2D eigenvalue weighted by Crippen LogP contribution is -2.36. The number of halogens is 2. The molecule has 0 radical (unpaired) electrons. The summed E-state index contributed by atoms with van der Waals surface area (Å²) in [7, 11) is 0.314. The summed E-state index contributed by atoms with van der Waals surface area (Å²) in [6.45, 7) is 1.72. The van der Waals surface area contributed by atoms with Gasteiger partial charge in [0.2, 0.25) is 0 Å². The molecule has 0 aliphatic rings. The van der Waals surface area contributed by atoms with Gasteiger partial charge >= 0.3 is 0 Å². The maximum Gasteiger partial charge on any atom is 0.261 e. The highest BCUT2D eigenvalue weighted by Gasteiger charge is 2.16. The van der Waals surface area contributed by atoms with Crippen molar-refractivity contribution in [3.05, 3.63) is 28.2 Å². The predicted octanol–water partition coefficient (Wildman–Crippen LogP) is 1.87. The molecule has 0 saturated heterocycles. The summed E-state index contributed by atoms with van der Waals surface area (Å²) in [4.78, 5) is 11.8. The first-order valence-corrected chi connectivity index (χ1v) is 10.3. The highest BCUT2D eigenvalue weighted by Crippen LogP contribution is 2.22. The second-order valence-electron chi connectivity index (χ2n) is 4.23. The maximum atomic E-state index is 12.0. The monoisotopic (exact) mass is 401 g/mol. The lowest BCUT2D eigenvalue weighted by atomic mass is 10.2. The SMILES string of the molecule is CC(CS(C)=O)NC(=O)c1cc(Br)cc(S(=O)(=O)Cl)c1. The van der Waals surface area contributed by atoms with Crippen molar-refractivity contribution in [3.63, 3.8) is 0 Å². The molecule has 0 aliphatic heterocycles. The fraction of sp³-hybridized carbons (Fsp3) is 0.364. The fourth-order valence-corrected chi connectivity index (χ4v) is 3.77. The zero-order valence-corrected chi connectivity index (χ0v) is 14.7. The molecular formula is C11H13BrClNO4S2. The second kappa shape index (κ2) is 7.02. The third-order valence-corrected chi connectivity index (χ3v) is 5.04. The topological polar surface area (TPSA) is 80.3 Å². The van der Waals surface area contributed by atoms with E-state index in [-0.39, 0.29) is 16.5 Å². The van der Waals surface area contributed by atoms with Crippen LogP contribution >= 0.6 is 26.6 Å². The van der Waals surface area contributed by atoms with Gasteiger partial charge in [-0.25, -0.2) is 8.42 Å². The standard InChI is InChI=1S/C11H13BrClNO4S2/c1-7(6-19(2)16)14-11(15)8-3-9(12)5-10(4-8)20(13,17)18/h3-5,7H,6H2,1-2H3,(H,14,15). The Bertz CT molecular complexity index is 648. The van der Waals surface area contributed by atoms with Crippen LogP contribution in [0.1, 0.15) is 17.3 Å². The van der Waals surface area contributed by atoms with E-state index in [1.807, 2.05) is 0 Å². The third kappa shape index (κ3) is 5.51. The maximum absolute atomic E-state index is 12.0. The van der Waals surface area contributed by atoms with Crippen molar-refractivity contribution >= 4 is 52.4 Å². The molecule has 1 amide bonds. The van der Waals surface area contributed by atoms with E-state index in [4.69, 9.17) is 10.7 Å². The minimum absolute atomic E-state index is 0.160. The van der Waals surface area contributed by atoms with E-state index in [0.717, 1.165) is 0 Å². The normalized spacial score (nSPS) is 14.6. The smallest absolute Gasteiger partial charge is 0.261 e. The predicted molar refractivity (Wildman–Crippen MR) is 83.0 cm³/mol. The minimum atomic E-state index is -3.92. The molecule has 1 rings (SSSR count). The molecule has 0 bridgehead atoms. The van der Waals surface area contributed by atoms with Crippen LogP contribution < -0.4 is 5.32 Å². The lowest BCUT2D eigenvalue weighted by Gasteiger charge is -2.13. The molecule has 0 aromatic heterocycles. The van der Waals surface area contributed by atoms with Gasteiger partial charge in [0, 0.05) is 49.6 Å². The second-order valence-corrected chi connectivity index (χ2v) is 9.19. The molecule has 20 heavy (non-hydrogen) atoms. The van der Waals surface area contributed by atoms with Crippen molar-refractivity contribution in [2.45, 2.75) is 17.9 Å². The van der Waals surface area contributed by atoms with Crippen molar-refractivity contribution in [3.8, 4) is 0 Å². The van der Waals surface area contributed by atoms with Gasteiger partial charge in [0.25, 0.3) is 15.0 Å². The number of nitrogens with one attached hydrogen (secondary N) is 1. The summed E-state index contributed by atoms with van der Waals surface area (Å²) < 4.78 is 34.1. The van der Waals surface area contributed by atoms with Crippen LogP contribution in [0.5, 0.6) is 0 Å². The van der Waals surface area contributed by atoms with Gasteiger partial charge in [0.15, 0.2) is 0 Å². The average molecular weight is 403 g/mol. The lowest BCUT2D eigenvalue weighted by molar-refractivity contribution is 0.0943. The Morgan fingerprint density at radius 1 is 1.45 bits per heavy atom. The summed E-state index contributed by atoms with van der Waals surface area (Å²) in [6.07, 6.45) is 1.54. The highest BCUT2D eigenvalue weighted by atomic mass is 79.9. The van der Waals surface area contributed by atoms with Gasteiger partial charge in [-0.1, -0.05) is 15.9 Å². The summed E-state index contributed by atoms with van der Waals surface area (Å²) in [6, 6.07) is 3.70. The molecule has 1 aromatic rings. The van der Waals surface area contributed by atoms with Crippen molar-refractivity contribution in [1.82, 2.24) is 5.32 Å². The first-order valence-electron chi connectivity index (χ1n) is 5.45. The number of rotatable bonds is 5. The summed E-state index contributed by atoms with van der Waals surface area (Å²) in [5, 5.41) is 2.64. The number of carbonyl (C=O) groups is 1. The Kier molecular flexibility index (Phi) is 6.18. The number of amides is 1. The van der Waals surface area contributed by atoms with E-state index in [1.54, 1.807) is 13.2 Å². The van der Waals surface area contributed by atoms with E-state index in [1.165, 1.54) is 18.2 Å². The molecule has 9 heteroatoms. The van der Waals surface area contributed by atoms with Gasteiger partial charge in [-0.3, -0.25) is 9.00 Å². The molecule has 0 heterocycles. The van der Waals surface area contributed by atoms with Crippen LogP contribution in [0.4, 0.5) is 0 Å². The van der Waals surface area contributed by atoms with Gasteiger partial charge in [0.1, 0.15) is 0 Å². The van der Waals surface area contributed by atoms with Crippen LogP contribution in [0.25, 0.3) is 0 Å². The Labute approximate surface area is 133 Å². The molecule has 1 N–H and O–H groups in total. The van der Waals surface area contributed by atoms with E-state index in [9.17, 15) is 17.4 Å². The molecule has 2 unspecified atom stereocenters. The summed E-state index contributed by atoms with van der Waals surface area (Å²) in [5.74, 6) is -0.133. The number of hydrogen-bond acceptors (Lipinski definition) is 4. The first kappa shape index (κ1) is 17.6. The van der Waals surface area contributed by atoms with Gasteiger partial charge in [-0.05, 0) is 25.1 Å². The Morgan fingerprint density at radius 2 is 2.05 bits per heavy atom. The van der Waals surface area contributed by atoms with Crippen LogP contribution in [0.3, 0.4) is 0 Å². The van der Waals surface area contributed by atoms with E-state index >= 15 is 0 Å². The van der Waals surface area contributed by atoms with E-state index < -0.39 is 25.8 Å². The molecule has 112 valence electrons. The largest absolute Gasteiger partial charge is 0.349 e. The van der Waals surface area contributed by atoms with Crippen LogP contribution in [0.2, 0.25) is 0 Å². The Balaban J connectivity index is 2.99. The Hall–Kier alpha value is -0.440. The molecule has 2 atom stereocenters. The van der Waals surface area contributed by atoms with Crippen molar-refractivity contribution < 1.29 is 17.4 Å². The zero-order chi connectivity index (χ0) is 15.5. The van der Waals surface area contributed by atoms with Gasteiger partial charge in [-0.2, -0.15) is 0 Å². The van der Waals surface area contributed by atoms with Gasteiger partial charge in [0.05, 0.1) is 4.90 Å². The molecule has 5 nitrogen and oxygen atoms in total. The zero-order valence-electron chi connectivity index (χ0n) is 10.7. The van der Waals surface area contributed by atoms with Crippen molar-refractivity contribution in [2.75, 3.05) is 12.0 Å². The van der Waals surface area contributed by atoms with Crippen LogP contribution in [-0.4, -0.2) is 36.6 Å². The van der Waals surface area contributed by atoms with Crippen LogP contribution in [0.15, 0.2) is 27.6 Å². The quantitative estimate of drug-likeness (QED) is 0.763.